The van der Waals surface area contributed by atoms with E-state index in [2.05, 4.69) is 4.94 Å². The third-order valence-corrected chi connectivity index (χ3v) is 1.46. The molecule has 2 unspecified atom stereocenters. The van der Waals surface area contributed by atoms with E-state index in [1.807, 2.05) is 0 Å². The SMILES string of the molecule is CC1COC(C)(C(=O)OF)O1.[K]. The van der Waals surface area contributed by atoms with Crippen LogP contribution in [0.25, 0.3) is 0 Å². The summed E-state index contributed by atoms with van der Waals surface area (Å²) < 4.78 is 21.2. The molecule has 1 saturated heterocycles. The van der Waals surface area contributed by atoms with E-state index in [0.717, 1.165) is 0 Å². The quantitative estimate of drug-likeness (QED) is 0.570. The van der Waals surface area contributed by atoms with E-state index in [1.54, 1.807) is 6.92 Å². The van der Waals surface area contributed by atoms with Gasteiger partial charge in [0.2, 0.25) is 0 Å². The summed E-state index contributed by atoms with van der Waals surface area (Å²) in [4.78, 5) is 13.6. The van der Waals surface area contributed by atoms with Gasteiger partial charge < -0.3 is 9.47 Å². The summed E-state index contributed by atoms with van der Waals surface area (Å²) in [7, 11) is 0. The first-order chi connectivity index (χ1) is 5.08. The van der Waals surface area contributed by atoms with Crippen LogP contribution < -0.4 is 0 Å². The van der Waals surface area contributed by atoms with E-state index < -0.39 is 11.8 Å². The fourth-order valence-corrected chi connectivity index (χ4v) is 0.905. The Labute approximate surface area is 112 Å². The van der Waals surface area contributed by atoms with Gasteiger partial charge in [0.1, 0.15) is 0 Å². The van der Waals surface area contributed by atoms with Crippen molar-refractivity contribution in [2.24, 2.45) is 0 Å². The van der Waals surface area contributed by atoms with Crippen molar-refractivity contribution in [3.63, 3.8) is 0 Å². The predicted molar refractivity (Wildman–Crippen MR) is 37.9 cm³/mol. The summed E-state index contributed by atoms with van der Waals surface area (Å²) >= 11 is 0. The topological polar surface area (TPSA) is 44.8 Å². The summed E-state index contributed by atoms with van der Waals surface area (Å²) in [5.74, 6) is -2.71. The largest absolute Gasteiger partial charge is 0.407 e. The standard InChI is InChI=1S/C6H9FO4.K/c1-4-3-9-6(2,10-4)5(8)11-7;/h4H,3H2,1-2H3;. The molecule has 0 N–H and O–H groups in total. The molecule has 0 aromatic heterocycles. The van der Waals surface area contributed by atoms with Gasteiger partial charge in [0.25, 0.3) is 5.79 Å². The minimum absolute atomic E-state index is 0. The summed E-state index contributed by atoms with van der Waals surface area (Å²) in [6.45, 7) is 3.31. The van der Waals surface area contributed by atoms with Crippen LogP contribution in [0, 0.1) is 0 Å². The van der Waals surface area contributed by atoms with E-state index in [9.17, 15) is 9.32 Å². The van der Waals surface area contributed by atoms with E-state index in [0.29, 0.717) is 0 Å². The van der Waals surface area contributed by atoms with Gasteiger partial charge in [0.05, 0.1) is 12.7 Å². The smallest absolute Gasteiger partial charge is 0.338 e. The average molecular weight is 203 g/mol. The van der Waals surface area contributed by atoms with Gasteiger partial charge in [-0.3, -0.25) is 0 Å². The van der Waals surface area contributed by atoms with Crippen LogP contribution in [0.3, 0.4) is 0 Å². The molecule has 65 valence electrons. The van der Waals surface area contributed by atoms with Crippen LogP contribution in [0.4, 0.5) is 4.53 Å². The Balaban J connectivity index is 0.00000121. The molecule has 0 amide bonds. The third-order valence-electron chi connectivity index (χ3n) is 1.46. The van der Waals surface area contributed by atoms with Crippen LogP contribution >= 0.6 is 0 Å². The average Bonchev–Trinajstić information content (AvgIpc) is 2.31. The zero-order chi connectivity index (χ0) is 8.48. The van der Waals surface area contributed by atoms with Gasteiger partial charge in [-0.1, -0.05) is 0 Å². The van der Waals surface area contributed by atoms with Gasteiger partial charge in [-0.05, 0) is 6.92 Å². The van der Waals surface area contributed by atoms with E-state index >= 15 is 0 Å². The van der Waals surface area contributed by atoms with Crippen molar-refractivity contribution in [2.75, 3.05) is 6.61 Å². The number of carbonyl (C=O) groups is 1. The van der Waals surface area contributed by atoms with Crippen molar-refractivity contribution < 1.29 is 23.7 Å². The van der Waals surface area contributed by atoms with Gasteiger partial charge in [-0.15, -0.1) is 0 Å². The monoisotopic (exact) mass is 203 g/mol. The zero-order valence-electron chi connectivity index (χ0n) is 7.30. The minimum Gasteiger partial charge on any atom is -0.338 e. The molecule has 6 heteroatoms. The molecule has 4 nitrogen and oxygen atoms in total. The molecule has 0 aromatic carbocycles. The number of halogens is 1. The molecule has 1 aliphatic rings. The van der Waals surface area contributed by atoms with Gasteiger partial charge in [0, 0.05) is 62.8 Å². The predicted octanol–water partition coefficient (Wildman–Crippen LogP) is 0.185. The summed E-state index contributed by atoms with van der Waals surface area (Å²) in [5.41, 5.74) is 0. The molecule has 1 rings (SSSR count). The Morgan fingerprint density at radius 3 is 2.67 bits per heavy atom. The van der Waals surface area contributed by atoms with Crippen molar-refractivity contribution in [3.8, 4) is 0 Å². The molecule has 1 radical (unpaired) electrons. The molecule has 2 atom stereocenters. The van der Waals surface area contributed by atoms with Gasteiger partial charge in [-0.25, -0.2) is 9.74 Å². The van der Waals surface area contributed by atoms with Crippen molar-refractivity contribution in [2.45, 2.75) is 25.7 Å². The van der Waals surface area contributed by atoms with Crippen molar-refractivity contribution in [1.29, 1.82) is 0 Å². The Bertz CT molecular complexity index is 177. The van der Waals surface area contributed by atoms with E-state index in [4.69, 9.17) is 9.47 Å². The first-order valence-corrected chi connectivity index (χ1v) is 3.23. The van der Waals surface area contributed by atoms with Crippen molar-refractivity contribution in [3.05, 3.63) is 0 Å². The van der Waals surface area contributed by atoms with Crippen LogP contribution in [0.5, 0.6) is 0 Å². The Morgan fingerprint density at radius 1 is 1.75 bits per heavy atom. The number of hydrogen-bond donors (Lipinski definition) is 0. The van der Waals surface area contributed by atoms with Crippen molar-refractivity contribution in [1.82, 2.24) is 0 Å². The Kier molecular flexibility index (Phi) is 5.39. The van der Waals surface area contributed by atoms with Crippen LogP contribution in [-0.4, -0.2) is 75.9 Å². The maximum absolute atomic E-state index is 11.4. The Morgan fingerprint density at radius 2 is 2.33 bits per heavy atom. The summed E-state index contributed by atoms with van der Waals surface area (Å²) in [5, 5.41) is 0. The third kappa shape index (κ3) is 2.73. The molecular weight excluding hydrogens is 194 g/mol. The maximum Gasteiger partial charge on any atom is 0.407 e. The second-order valence-electron chi connectivity index (χ2n) is 2.55. The van der Waals surface area contributed by atoms with Crippen LogP contribution in [-0.2, 0) is 19.2 Å². The molecule has 0 aliphatic carbocycles. The summed E-state index contributed by atoms with van der Waals surface area (Å²) in [6, 6.07) is 0. The second kappa shape index (κ2) is 4.99. The first-order valence-electron chi connectivity index (χ1n) is 3.23. The minimum atomic E-state index is -1.56. The van der Waals surface area contributed by atoms with Gasteiger partial charge >= 0.3 is 5.97 Å². The van der Waals surface area contributed by atoms with Crippen LogP contribution in [0.15, 0.2) is 0 Å². The van der Waals surface area contributed by atoms with Crippen molar-refractivity contribution >= 4 is 57.4 Å². The molecule has 1 fully saturated rings. The Hall–Kier alpha value is 0.956. The molecule has 0 saturated carbocycles. The number of carbonyl (C=O) groups excluding carboxylic acids is 1. The van der Waals surface area contributed by atoms with Gasteiger partial charge in [-0.2, -0.15) is 0 Å². The molecular formula is C6H9FKO4. The fourth-order valence-electron chi connectivity index (χ4n) is 0.905. The molecule has 1 aliphatic heterocycles. The second-order valence-corrected chi connectivity index (χ2v) is 2.55. The normalized spacial score (nSPS) is 34.1. The number of ether oxygens (including phenoxy) is 2. The molecule has 1 heterocycles. The molecule has 0 bridgehead atoms. The van der Waals surface area contributed by atoms with E-state index in [-0.39, 0.29) is 64.1 Å². The number of rotatable bonds is 1. The summed E-state index contributed by atoms with van der Waals surface area (Å²) in [6.07, 6.45) is -0.209. The van der Waals surface area contributed by atoms with E-state index in [1.165, 1.54) is 6.92 Å². The first kappa shape index (κ1) is 13.0. The molecule has 0 spiro atoms. The molecule has 12 heavy (non-hydrogen) atoms. The fraction of sp³-hybridized carbons (Fsp3) is 0.833. The zero-order valence-corrected chi connectivity index (χ0v) is 10.4. The van der Waals surface area contributed by atoms with Crippen LogP contribution in [0.1, 0.15) is 13.8 Å². The van der Waals surface area contributed by atoms with Gasteiger partial charge in [0.15, 0.2) is 0 Å². The van der Waals surface area contributed by atoms with Crippen LogP contribution in [0.2, 0.25) is 0 Å². The maximum atomic E-state index is 11.4. The number of hydrogen-bond acceptors (Lipinski definition) is 4. The molecule has 0 aromatic rings.